The van der Waals surface area contributed by atoms with Crippen molar-refractivity contribution in [2.75, 3.05) is 19.3 Å². The zero-order valence-corrected chi connectivity index (χ0v) is 13.5. The molecule has 1 amide bonds. The Balaban J connectivity index is 2.73. The minimum absolute atomic E-state index is 0.143. The molecule has 112 valence electrons. The van der Waals surface area contributed by atoms with E-state index in [1.807, 2.05) is 32.2 Å². The Labute approximate surface area is 128 Å². The van der Waals surface area contributed by atoms with Crippen LogP contribution in [-0.2, 0) is 0 Å². The van der Waals surface area contributed by atoms with Gasteiger partial charge in [0.1, 0.15) is 11.3 Å². The summed E-state index contributed by atoms with van der Waals surface area (Å²) in [5, 5.41) is 0.461. The molecule has 4 nitrogen and oxygen atoms in total. The highest BCUT2D eigenvalue weighted by Gasteiger charge is 2.22. The highest BCUT2D eigenvalue weighted by atomic mass is 32.2. The van der Waals surface area contributed by atoms with Gasteiger partial charge in [-0.15, -0.1) is 11.8 Å². The minimum Gasteiger partial charge on any atom is -0.459 e. The first-order chi connectivity index (χ1) is 10.0. The highest BCUT2D eigenvalue weighted by molar-refractivity contribution is 7.98. The van der Waals surface area contributed by atoms with Crippen LogP contribution >= 0.6 is 11.8 Å². The number of nitrogens with zero attached hydrogens (tertiary/aromatic N) is 1. The summed E-state index contributed by atoms with van der Waals surface area (Å²) in [7, 11) is 0. The molecule has 2 rings (SSSR count). The van der Waals surface area contributed by atoms with Crippen LogP contribution in [0.3, 0.4) is 0 Å². The molecule has 0 spiro atoms. The molecule has 0 radical (unpaired) electrons. The molecule has 5 heteroatoms. The molecular weight excluding hydrogens is 286 g/mol. The number of amides is 1. The minimum atomic E-state index is -0.261. The third-order valence-electron chi connectivity index (χ3n) is 3.54. The molecule has 0 aliphatic carbocycles. The zero-order valence-electron chi connectivity index (χ0n) is 12.7. The Morgan fingerprint density at radius 2 is 1.95 bits per heavy atom. The molecule has 0 saturated heterocycles. The molecule has 0 N–H and O–H groups in total. The molecule has 0 aliphatic heterocycles. The maximum absolute atomic E-state index is 12.7. The topological polar surface area (TPSA) is 50.5 Å². The third-order valence-corrected chi connectivity index (χ3v) is 4.30. The Hall–Kier alpha value is -1.75. The van der Waals surface area contributed by atoms with E-state index >= 15 is 0 Å². The highest BCUT2D eigenvalue weighted by Crippen LogP contribution is 2.26. The van der Waals surface area contributed by atoms with Crippen molar-refractivity contribution in [3.8, 4) is 0 Å². The van der Waals surface area contributed by atoms with E-state index in [0.717, 1.165) is 4.90 Å². The predicted molar refractivity (Wildman–Crippen MR) is 86.3 cm³/mol. The molecule has 0 fully saturated rings. The van der Waals surface area contributed by atoms with E-state index in [4.69, 9.17) is 4.42 Å². The van der Waals surface area contributed by atoms with E-state index in [2.05, 4.69) is 0 Å². The van der Waals surface area contributed by atoms with Gasteiger partial charge in [-0.25, -0.2) is 0 Å². The predicted octanol–water partition coefficient (Wildman–Crippen LogP) is 3.31. The van der Waals surface area contributed by atoms with Crippen molar-refractivity contribution in [2.24, 2.45) is 0 Å². The van der Waals surface area contributed by atoms with Gasteiger partial charge < -0.3 is 9.32 Å². The Kier molecular flexibility index (Phi) is 4.73. The maximum Gasteiger partial charge on any atom is 0.261 e. The number of para-hydroxylation sites is 1. The van der Waals surface area contributed by atoms with Crippen LogP contribution in [0, 0.1) is 6.92 Å². The van der Waals surface area contributed by atoms with Crippen molar-refractivity contribution in [1.29, 1.82) is 0 Å². The van der Waals surface area contributed by atoms with Gasteiger partial charge in [0.25, 0.3) is 5.91 Å². The summed E-state index contributed by atoms with van der Waals surface area (Å²) in [6, 6.07) is 5.42. The van der Waals surface area contributed by atoms with E-state index in [9.17, 15) is 9.59 Å². The lowest BCUT2D eigenvalue weighted by Crippen LogP contribution is -2.34. The second-order valence-electron chi connectivity index (χ2n) is 4.68. The lowest BCUT2D eigenvalue weighted by atomic mass is 10.1. The van der Waals surface area contributed by atoms with Gasteiger partial charge in [-0.05, 0) is 39.2 Å². The maximum atomic E-state index is 12.7. The third kappa shape index (κ3) is 2.70. The first-order valence-electron chi connectivity index (χ1n) is 6.94. The lowest BCUT2D eigenvalue weighted by Gasteiger charge is -2.19. The van der Waals surface area contributed by atoms with Crippen molar-refractivity contribution in [3.05, 3.63) is 39.7 Å². The van der Waals surface area contributed by atoms with Crippen LogP contribution in [0.15, 0.2) is 32.3 Å². The van der Waals surface area contributed by atoms with E-state index in [-0.39, 0.29) is 16.9 Å². The van der Waals surface area contributed by atoms with Gasteiger partial charge in [0, 0.05) is 13.1 Å². The number of carbonyl (C=O) groups is 1. The van der Waals surface area contributed by atoms with E-state index in [0.29, 0.717) is 29.8 Å². The summed E-state index contributed by atoms with van der Waals surface area (Å²) in [4.78, 5) is 27.7. The van der Waals surface area contributed by atoms with Gasteiger partial charge >= 0.3 is 0 Å². The normalized spacial score (nSPS) is 10.9. The molecule has 1 heterocycles. The van der Waals surface area contributed by atoms with Gasteiger partial charge in [0.15, 0.2) is 5.58 Å². The molecule has 1 aromatic carbocycles. The first-order valence-corrected chi connectivity index (χ1v) is 8.17. The fraction of sp³-hybridized carbons (Fsp3) is 0.375. The van der Waals surface area contributed by atoms with Gasteiger partial charge in [-0.2, -0.15) is 0 Å². The zero-order chi connectivity index (χ0) is 15.6. The molecular formula is C16H19NO3S. The van der Waals surface area contributed by atoms with Crippen molar-refractivity contribution < 1.29 is 9.21 Å². The van der Waals surface area contributed by atoms with Gasteiger partial charge in [0.2, 0.25) is 5.43 Å². The van der Waals surface area contributed by atoms with Crippen LogP contribution in [0.1, 0.15) is 30.0 Å². The second-order valence-corrected chi connectivity index (χ2v) is 5.52. The quantitative estimate of drug-likeness (QED) is 0.813. The summed E-state index contributed by atoms with van der Waals surface area (Å²) in [6.07, 6.45) is 1.93. The van der Waals surface area contributed by atoms with E-state index in [1.165, 1.54) is 11.8 Å². The first kappa shape index (κ1) is 15.6. The Morgan fingerprint density at radius 3 is 2.52 bits per heavy atom. The molecule has 0 unspecified atom stereocenters. The number of fused-ring (bicyclic) bond motifs is 1. The SMILES string of the molecule is CCN(CC)C(=O)c1c(C)oc2c(SC)cccc2c1=O. The number of aryl methyl sites for hydroxylation is 1. The number of carbonyl (C=O) groups excluding carboxylic acids is 1. The molecule has 0 aliphatic rings. The van der Waals surface area contributed by atoms with Crippen LogP contribution in [0.25, 0.3) is 11.0 Å². The summed E-state index contributed by atoms with van der Waals surface area (Å²) >= 11 is 1.52. The standard InChI is InChI=1S/C16H19NO3S/c1-5-17(6-2)16(19)13-10(3)20-15-11(14(13)18)8-7-9-12(15)21-4/h7-9H,5-6H2,1-4H3. The van der Waals surface area contributed by atoms with Crippen molar-refractivity contribution in [3.63, 3.8) is 0 Å². The fourth-order valence-corrected chi connectivity index (χ4v) is 2.93. The molecule has 0 atom stereocenters. The summed E-state index contributed by atoms with van der Waals surface area (Å²) in [5.41, 5.74) is 0.453. The van der Waals surface area contributed by atoms with Crippen LogP contribution in [0.4, 0.5) is 0 Å². The largest absolute Gasteiger partial charge is 0.459 e. The van der Waals surface area contributed by atoms with Crippen LogP contribution in [-0.4, -0.2) is 30.2 Å². The number of hydrogen-bond donors (Lipinski definition) is 0. The summed E-state index contributed by atoms with van der Waals surface area (Å²) < 4.78 is 5.79. The summed E-state index contributed by atoms with van der Waals surface area (Å²) in [6.45, 7) is 6.60. The van der Waals surface area contributed by atoms with Crippen LogP contribution in [0.2, 0.25) is 0 Å². The molecule has 2 aromatic rings. The lowest BCUT2D eigenvalue weighted by molar-refractivity contribution is 0.0768. The number of thioether (sulfide) groups is 1. The monoisotopic (exact) mass is 305 g/mol. The fourth-order valence-electron chi connectivity index (χ4n) is 2.38. The molecule has 0 saturated carbocycles. The molecule has 0 bridgehead atoms. The smallest absolute Gasteiger partial charge is 0.261 e. The van der Waals surface area contributed by atoms with Crippen molar-refractivity contribution in [1.82, 2.24) is 4.90 Å². The van der Waals surface area contributed by atoms with Crippen molar-refractivity contribution >= 4 is 28.6 Å². The van der Waals surface area contributed by atoms with Crippen LogP contribution in [0.5, 0.6) is 0 Å². The van der Waals surface area contributed by atoms with Gasteiger partial charge in [0.05, 0.1) is 10.3 Å². The average Bonchev–Trinajstić information content (AvgIpc) is 2.48. The molecule has 1 aromatic heterocycles. The van der Waals surface area contributed by atoms with E-state index < -0.39 is 0 Å². The van der Waals surface area contributed by atoms with Gasteiger partial charge in [-0.3, -0.25) is 9.59 Å². The number of benzene rings is 1. The van der Waals surface area contributed by atoms with Gasteiger partial charge in [-0.1, -0.05) is 6.07 Å². The average molecular weight is 305 g/mol. The Bertz CT molecular complexity index is 732. The van der Waals surface area contributed by atoms with Crippen molar-refractivity contribution in [2.45, 2.75) is 25.7 Å². The Morgan fingerprint density at radius 1 is 1.29 bits per heavy atom. The van der Waals surface area contributed by atoms with E-state index in [1.54, 1.807) is 17.9 Å². The second kappa shape index (κ2) is 6.35. The summed E-state index contributed by atoms with van der Waals surface area (Å²) in [5.74, 6) is 0.119. The number of rotatable bonds is 4. The number of hydrogen-bond acceptors (Lipinski definition) is 4. The van der Waals surface area contributed by atoms with Crippen LogP contribution < -0.4 is 5.43 Å². The molecule has 21 heavy (non-hydrogen) atoms.